The van der Waals surface area contributed by atoms with E-state index in [1.165, 1.54) is 0 Å². The van der Waals surface area contributed by atoms with Gasteiger partial charge in [-0.2, -0.15) is 9.97 Å². The number of aromatic hydroxyl groups is 1. The van der Waals surface area contributed by atoms with Crippen LogP contribution in [-0.2, 0) is 13.6 Å². The second-order valence-electron chi connectivity index (χ2n) is 7.35. The fraction of sp³-hybridized carbons (Fsp3) is 0.421. The molecule has 0 aliphatic rings. The van der Waals surface area contributed by atoms with Gasteiger partial charge in [0, 0.05) is 24.1 Å². The molecule has 8 nitrogen and oxygen atoms in total. The van der Waals surface area contributed by atoms with Crippen molar-refractivity contribution in [3.63, 3.8) is 0 Å². The van der Waals surface area contributed by atoms with Gasteiger partial charge in [0.1, 0.15) is 5.75 Å². The van der Waals surface area contributed by atoms with Crippen LogP contribution in [0.4, 0.5) is 11.8 Å². The first-order valence-electron chi connectivity index (χ1n) is 9.11. The quantitative estimate of drug-likeness (QED) is 0.387. The second kappa shape index (κ2) is 7.84. The van der Waals surface area contributed by atoms with E-state index in [4.69, 9.17) is 0 Å². The zero-order chi connectivity index (χ0) is 20.5. The molecule has 1 atom stereocenters. The normalized spacial score (nSPS) is 12.9. The number of thiol groups is 1. The van der Waals surface area contributed by atoms with Crippen molar-refractivity contribution in [1.29, 1.82) is 0 Å². The summed E-state index contributed by atoms with van der Waals surface area (Å²) in [5.74, 6) is 1.13. The number of aromatic nitrogens is 4. The molecule has 0 aliphatic heterocycles. The average molecular weight is 403 g/mol. The molecule has 0 spiro atoms. The van der Waals surface area contributed by atoms with Crippen molar-refractivity contribution in [3.05, 3.63) is 30.1 Å². The highest BCUT2D eigenvalue weighted by Crippen LogP contribution is 2.25. The number of aryl methyl sites for hydroxylation is 1. The van der Waals surface area contributed by atoms with Crippen molar-refractivity contribution >= 4 is 35.6 Å². The topological polar surface area (TPSA) is 108 Å². The zero-order valence-corrected chi connectivity index (χ0v) is 17.3. The molecule has 9 heteroatoms. The summed E-state index contributed by atoms with van der Waals surface area (Å²) in [6, 6.07) is 4.92. The number of phenolic OH excluding ortho intramolecular Hbond substituents is 1. The van der Waals surface area contributed by atoms with Gasteiger partial charge < -0.3 is 25.4 Å². The van der Waals surface area contributed by atoms with Crippen LogP contribution in [0.2, 0.25) is 0 Å². The number of nitrogens with zero attached hydrogens (tertiary/aromatic N) is 4. The molecular formula is C19H26N6O2S. The molecule has 3 aromatic rings. The highest BCUT2D eigenvalue weighted by Gasteiger charge is 2.26. The van der Waals surface area contributed by atoms with Crippen LogP contribution < -0.4 is 10.6 Å². The Kier molecular flexibility index (Phi) is 5.66. The van der Waals surface area contributed by atoms with Gasteiger partial charge in [0.15, 0.2) is 17.0 Å². The van der Waals surface area contributed by atoms with Gasteiger partial charge in [-0.1, -0.05) is 6.92 Å². The molecule has 150 valence electrons. The lowest BCUT2D eigenvalue weighted by Crippen LogP contribution is -2.41. The maximum Gasteiger partial charge on any atom is 0.227 e. The van der Waals surface area contributed by atoms with E-state index in [0.717, 1.165) is 4.90 Å². The predicted octanol–water partition coefficient (Wildman–Crippen LogP) is 2.93. The van der Waals surface area contributed by atoms with Gasteiger partial charge in [0.05, 0.1) is 18.0 Å². The first-order valence-corrected chi connectivity index (χ1v) is 9.56. The molecule has 0 saturated carbocycles. The Morgan fingerprint density at radius 3 is 2.71 bits per heavy atom. The summed E-state index contributed by atoms with van der Waals surface area (Å²) in [4.78, 5) is 14.3. The summed E-state index contributed by atoms with van der Waals surface area (Å²) >= 11 is 4.32. The monoisotopic (exact) mass is 402 g/mol. The summed E-state index contributed by atoms with van der Waals surface area (Å²) in [6.07, 6.45) is 2.38. The highest BCUT2D eigenvalue weighted by molar-refractivity contribution is 7.80. The van der Waals surface area contributed by atoms with Crippen LogP contribution in [0.25, 0.3) is 11.2 Å². The fourth-order valence-electron chi connectivity index (χ4n) is 3.02. The Hall–Kier alpha value is -2.52. The molecule has 3 rings (SSSR count). The van der Waals surface area contributed by atoms with Gasteiger partial charge in [0.25, 0.3) is 0 Å². The third kappa shape index (κ3) is 4.31. The van der Waals surface area contributed by atoms with E-state index in [-0.39, 0.29) is 11.8 Å². The molecule has 0 fully saturated rings. The summed E-state index contributed by atoms with van der Waals surface area (Å²) in [6.45, 7) is 5.85. The van der Waals surface area contributed by atoms with Crippen molar-refractivity contribution < 1.29 is 10.2 Å². The number of anilines is 2. The Morgan fingerprint density at radius 2 is 2.04 bits per heavy atom. The number of phenols is 1. The summed E-state index contributed by atoms with van der Waals surface area (Å²) in [5, 5.41) is 26.9. The van der Waals surface area contributed by atoms with Gasteiger partial charge in [-0.15, -0.1) is 12.6 Å². The Morgan fingerprint density at radius 1 is 1.29 bits per heavy atom. The summed E-state index contributed by atoms with van der Waals surface area (Å²) in [5.41, 5.74) is 1.07. The lowest BCUT2D eigenvalue weighted by Gasteiger charge is -2.29. The van der Waals surface area contributed by atoms with E-state index >= 15 is 0 Å². The van der Waals surface area contributed by atoms with Crippen LogP contribution in [0, 0.1) is 0 Å². The van der Waals surface area contributed by atoms with Gasteiger partial charge >= 0.3 is 0 Å². The molecule has 0 saturated heterocycles. The van der Waals surface area contributed by atoms with Crippen molar-refractivity contribution in [2.45, 2.75) is 50.3 Å². The third-order valence-electron chi connectivity index (χ3n) is 4.63. The Bertz CT molecular complexity index is 982. The zero-order valence-electron chi connectivity index (χ0n) is 16.4. The smallest absolute Gasteiger partial charge is 0.227 e. The number of nitrogens with one attached hydrogen (secondary N) is 2. The van der Waals surface area contributed by atoms with E-state index in [9.17, 15) is 10.2 Å². The molecule has 2 heterocycles. The lowest BCUT2D eigenvalue weighted by molar-refractivity contribution is 0.0577. The van der Waals surface area contributed by atoms with Crippen LogP contribution in [0.15, 0.2) is 29.4 Å². The number of aliphatic hydroxyl groups is 1. The average Bonchev–Trinajstić information content (AvgIpc) is 3.00. The summed E-state index contributed by atoms with van der Waals surface area (Å²) < 4.78 is 1.81. The fourth-order valence-corrected chi connectivity index (χ4v) is 3.25. The molecule has 28 heavy (non-hydrogen) atoms. The van der Waals surface area contributed by atoms with Crippen LogP contribution in [0.1, 0.15) is 32.8 Å². The van der Waals surface area contributed by atoms with E-state index in [0.29, 0.717) is 41.5 Å². The lowest BCUT2D eigenvalue weighted by atomic mass is 9.97. The molecule has 0 aliphatic carbocycles. The SMILES string of the molecule is CCC(Nc1nc(NCc2cc(S)ccc2O)c2ncn(C)c2n1)C(C)(C)O. The number of hydrogen-bond donors (Lipinski definition) is 5. The van der Waals surface area contributed by atoms with Crippen LogP contribution in [0.3, 0.4) is 0 Å². The van der Waals surface area contributed by atoms with Gasteiger partial charge in [0.2, 0.25) is 5.95 Å². The first-order chi connectivity index (χ1) is 13.2. The van der Waals surface area contributed by atoms with Crippen molar-refractivity contribution in [2.75, 3.05) is 10.6 Å². The van der Waals surface area contributed by atoms with Crippen LogP contribution >= 0.6 is 12.6 Å². The van der Waals surface area contributed by atoms with Crippen molar-refractivity contribution in [3.8, 4) is 5.75 Å². The number of benzene rings is 1. The molecule has 0 bridgehead atoms. The summed E-state index contributed by atoms with van der Waals surface area (Å²) in [7, 11) is 1.86. The Labute approximate surface area is 169 Å². The van der Waals surface area contributed by atoms with Gasteiger partial charge in [-0.3, -0.25) is 0 Å². The minimum absolute atomic E-state index is 0.183. The second-order valence-corrected chi connectivity index (χ2v) is 7.87. The van der Waals surface area contributed by atoms with Gasteiger partial charge in [-0.25, -0.2) is 4.98 Å². The molecule has 1 unspecified atom stereocenters. The molecule has 0 radical (unpaired) electrons. The van der Waals surface area contributed by atoms with Crippen LogP contribution in [-0.4, -0.2) is 41.4 Å². The number of hydrogen-bond acceptors (Lipinski definition) is 8. The largest absolute Gasteiger partial charge is 0.508 e. The number of fused-ring (bicyclic) bond motifs is 1. The first kappa shape index (κ1) is 20.2. The molecule has 1 aromatic carbocycles. The molecule has 4 N–H and O–H groups in total. The molecule has 2 aromatic heterocycles. The maximum absolute atomic E-state index is 10.4. The molecular weight excluding hydrogens is 376 g/mol. The van der Waals surface area contributed by atoms with Crippen LogP contribution in [0.5, 0.6) is 5.75 Å². The minimum Gasteiger partial charge on any atom is -0.508 e. The molecule has 0 amide bonds. The number of rotatable bonds is 7. The van der Waals surface area contributed by atoms with E-state index < -0.39 is 5.60 Å². The minimum atomic E-state index is -0.925. The third-order valence-corrected chi connectivity index (χ3v) is 4.91. The predicted molar refractivity (Wildman–Crippen MR) is 113 cm³/mol. The van der Waals surface area contributed by atoms with E-state index in [1.807, 2.05) is 18.5 Å². The maximum atomic E-state index is 10.4. The van der Waals surface area contributed by atoms with Crippen molar-refractivity contribution in [1.82, 2.24) is 19.5 Å². The highest BCUT2D eigenvalue weighted by atomic mass is 32.1. The Balaban J connectivity index is 1.93. The van der Waals surface area contributed by atoms with E-state index in [2.05, 4.69) is 38.2 Å². The standard InChI is InChI=1S/C19H26N6O2S/c1-5-14(19(2,3)27)22-18-23-16(15-17(24-18)25(4)10-21-15)20-9-11-8-12(28)6-7-13(11)26/h6-8,10,14,26-28H,5,9H2,1-4H3,(H2,20,22,23,24). The van der Waals surface area contributed by atoms with Gasteiger partial charge in [-0.05, 0) is 38.5 Å². The van der Waals surface area contributed by atoms with E-state index in [1.54, 1.807) is 38.4 Å². The number of imidazole rings is 1. The van der Waals surface area contributed by atoms with Crippen molar-refractivity contribution in [2.24, 2.45) is 7.05 Å².